The first kappa shape index (κ1) is 27.1. The molecule has 5 nitrogen and oxygen atoms in total. The van der Waals surface area contributed by atoms with Crippen molar-refractivity contribution in [3.63, 3.8) is 0 Å². The number of hydrogen-bond donors (Lipinski definition) is 0. The third kappa shape index (κ3) is 5.68. The molecule has 0 fully saturated rings. The van der Waals surface area contributed by atoms with Crippen molar-refractivity contribution in [3.05, 3.63) is 63.0 Å². The molecule has 35 heavy (non-hydrogen) atoms. The van der Waals surface area contributed by atoms with Crippen molar-refractivity contribution in [3.8, 4) is 11.6 Å². The first-order chi connectivity index (χ1) is 16.2. The van der Waals surface area contributed by atoms with E-state index in [2.05, 4.69) is 5.10 Å². The number of aromatic nitrogens is 2. The third-order valence-corrected chi connectivity index (χ3v) is 6.19. The molecule has 0 spiro atoms. The molecule has 0 radical (unpaired) electrons. The van der Waals surface area contributed by atoms with Crippen LogP contribution in [0.3, 0.4) is 0 Å². The number of aryl methyl sites for hydroxylation is 1. The summed E-state index contributed by atoms with van der Waals surface area (Å²) in [6.07, 6.45) is 0. The van der Waals surface area contributed by atoms with Crippen LogP contribution in [-0.2, 0) is 10.3 Å². The summed E-state index contributed by atoms with van der Waals surface area (Å²) in [7, 11) is 0. The Morgan fingerprint density at radius 1 is 1.00 bits per heavy atom. The Bertz CT molecular complexity index is 1280. The van der Waals surface area contributed by atoms with E-state index in [9.17, 15) is 26.7 Å². The summed E-state index contributed by atoms with van der Waals surface area (Å²) in [4.78, 5) is 11.3. The van der Waals surface area contributed by atoms with Gasteiger partial charge in [-0.3, -0.25) is 0 Å². The Morgan fingerprint density at radius 2 is 1.57 bits per heavy atom. The Morgan fingerprint density at radius 3 is 2.11 bits per heavy atom. The van der Waals surface area contributed by atoms with Crippen LogP contribution in [0.15, 0.2) is 28.0 Å². The van der Waals surface area contributed by atoms with Gasteiger partial charge in [0.1, 0.15) is 5.75 Å². The zero-order chi connectivity index (χ0) is 26.2. The van der Waals surface area contributed by atoms with E-state index in [1.165, 1.54) is 29.8 Å². The minimum absolute atomic E-state index is 0.123. The Labute approximate surface area is 211 Å². The molecule has 0 aliphatic carbocycles. The van der Waals surface area contributed by atoms with Crippen molar-refractivity contribution in [2.45, 2.75) is 43.0 Å². The molecule has 0 bridgehead atoms. The SMILES string of the molecule is Cc1nn(C(C)(C)C)c(OC(=O)COc2ccc(Cl)cc2Cl)c1Sc1c(F)c(F)c(F)c(F)c1F. The summed E-state index contributed by atoms with van der Waals surface area (Å²) in [5.41, 5.74) is -0.672. The number of carbonyl (C=O) groups excluding carboxylic acids is 1. The highest BCUT2D eigenvalue weighted by Crippen LogP contribution is 2.43. The van der Waals surface area contributed by atoms with Gasteiger partial charge in [0.15, 0.2) is 29.9 Å². The van der Waals surface area contributed by atoms with Gasteiger partial charge in [0.05, 0.1) is 26.0 Å². The standard InChI is InChI=1S/C22H17Cl2F5N2O3S/c1-9-19(35-20-17(28)15(26)14(25)16(27)18(20)29)21(31(30-9)22(2,3)4)34-13(32)8-33-12-6-5-10(23)7-11(12)24/h5-7H,8H2,1-4H3. The molecule has 0 N–H and O–H groups in total. The predicted molar refractivity (Wildman–Crippen MR) is 120 cm³/mol. The van der Waals surface area contributed by atoms with E-state index in [1.807, 2.05) is 0 Å². The average molecular weight is 555 g/mol. The Balaban J connectivity index is 1.97. The fourth-order valence-electron chi connectivity index (χ4n) is 2.80. The van der Waals surface area contributed by atoms with Crippen molar-refractivity contribution < 1.29 is 36.2 Å². The fourth-order valence-corrected chi connectivity index (χ4v) is 4.23. The van der Waals surface area contributed by atoms with Crippen molar-refractivity contribution in [2.24, 2.45) is 0 Å². The number of rotatable bonds is 6. The van der Waals surface area contributed by atoms with E-state index in [0.717, 1.165) is 0 Å². The number of esters is 1. The van der Waals surface area contributed by atoms with Gasteiger partial charge in [-0.15, -0.1) is 0 Å². The van der Waals surface area contributed by atoms with Crippen LogP contribution in [0.1, 0.15) is 26.5 Å². The summed E-state index contributed by atoms with van der Waals surface area (Å²) in [6, 6.07) is 4.33. The normalized spacial score (nSPS) is 11.6. The van der Waals surface area contributed by atoms with Gasteiger partial charge in [-0.05, 0) is 45.9 Å². The first-order valence-electron chi connectivity index (χ1n) is 9.80. The third-order valence-electron chi connectivity index (χ3n) is 4.42. The number of hydrogen-bond acceptors (Lipinski definition) is 5. The van der Waals surface area contributed by atoms with Crippen LogP contribution in [-0.4, -0.2) is 22.4 Å². The maximum Gasteiger partial charge on any atom is 0.350 e. The molecular weight excluding hydrogens is 538 g/mol. The van der Waals surface area contributed by atoms with E-state index in [1.54, 1.807) is 20.8 Å². The van der Waals surface area contributed by atoms with Crippen LogP contribution in [0.2, 0.25) is 10.0 Å². The van der Waals surface area contributed by atoms with E-state index < -0.39 is 52.1 Å². The van der Waals surface area contributed by atoms with Gasteiger partial charge in [-0.2, -0.15) is 5.10 Å². The second kappa shape index (κ2) is 10.2. The Kier molecular flexibility index (Phi) is 7.93. The van der Waals surface area contributed by atoms with Gasteiger partial charge >= 0.3 is 5.97 Å². The van der Waals surface area contributed by atoms with Crippen LogP contribution < -0.4 is 9.47 Å². The summed E-state index contributed by atoms with van der Waals surface area (Å²) >= 11 is 12.0. The molecule has 0 amide bonds. The maximum atomic E-state index is 14.3. The molecule has 1 heterocycles. The van der Waals surface area contributed by atoms with Crippen molar-refractivity contribution in [2.75, 3.05) is 6.61 Å². The first-order valence-corrected chi connectivity index (χ1v) is 11.4. The van der Waals surface area contributed by atoms with Gasteiger partial charge in [0.2, 0.25) is 11.7 Å². The molecule has 0 unspecified atom stereocenters. The summed E-state index contributed by atoms with van der Waals surface area (Å²) in [6.45, 7) is 5.91. The minimum atomic E-state index is -2.28. The monoisotopic (exact) mass is 554 g/mol. The molecule has 0 saturated heterocycles. The maximum absolute atomic E-state index is 14.3. The summed E-state index contributed by atoms with van der Waals surface area (Å²) < 4.78 is 81.5. The molecule has 0 saturated carbocycles. The van der Waals surface area contributed by atoms with Crippen LogP contribution in [0.5, 0.6) is 11.6 Å². The lowest BCUT2D eigenvalue weighted by Crippen LogP contribution is -2.27. The number of carbonyl (C=O) groups is 1. The largest absolute Gasteiger partial charge is 0.480 e. The van der Waals surface area contributed by atoms with E-state index >= 15 is 0 Å². The highest BCUT2D eigenvalue weighted by atomic mass is 35.5. The van der Waals surface area contributed by atoms with Crippen molar-refractivity contribution >= 4 is 40.9 Å². The molecule has 13 heteroatoms. The number of benzene rings is 2. The molecule has 188 valence electrons. The van der Waals surface area contributed by atoms with Crippen LogP contribution >= 0.6 is 35.0 Å². The summed E-state index contributed by atoms with van der Waals surface area (Å²) in [5, 5.41) is 4.72. The Hall–Kier alpha value is -2.50. The molecule has 2 aromatic carbocycles. The lowest BCUT2D eigenvalue weighted by atomic mass is 10.1. The molecule has 3 aromatic rings. The van der Waals surface area contributed by atoms with Crippen LogP contribution in [0.4, 0.5) is 22.0 Å². The lowest BCUT2D eigenvalue weighted by Gasteiger charge is -2.22. The van der Waals surface area contributed by atoms with E-state index in [-0.39, 0.29) is 39.0 Å². The van der Waals surface area contributed by atoms with Crippen LogP contribution in [0, 0.1) is 36.0 Å². The topological polar surface area (TPSA) is 53.4 Å². The van der Waals surface area contributed by atoms with Gasteiger partial charge in [-0.25, -0.2) is 31.4 Å². The lowest BCUT2D eigenvalue weighted by molar-refractivity contribution is -0.137. The number of halogens is 7. The minimum Gasteiger partial charge on any atom is -0.480 e. The predicted octanol–water partition coefficient (Wildman–Crippen LogP) is 7.08. The zero-order valence-electron chi connectivity index (χ0n) is 18.6. The number of nitrogens with zero attached hydrogens (tertiary/aromatic N) is 2. The fraction of sp³-hybridized carbons (Fsp3) is 0.273. The highest BCUT2D eigenvalue weighted by Gasteiger charge is 2.32. The average Bonchev–Trinajstić information content (AvgIpc) is 3.08. The molecule has 3 rings (SSSR count). The smallest absolute Gasteiger partial charge is 0.350 e. The number of ether oxygens (including phenoxy) is 2. The van der Waals surface area contributed by atoms with E-state index in [0.29, 0.717) is 5.02 Å². The second-order valence-electron chi connectivity index (χ2n) is 8.14. The van der Waals surface area contributed by atoms with Crippen molar-refractivity contribution in [1.82, 2.24) is 9.78 Å². The molecule has 1 aromatic heterocycles. The van der Waals surface area contributed by atoms with Crippen molar-refractivity contribution in [1.29, 1.82) is 0 Å². The second-order valence-corrected chi connectivity index (χ2v) is 10.0. The zero-order valence-corrected chi connectivity index (χ0v) is 20.9. The quantitative estimate of drug-likeness (QED) is 0.141. The van der Waals surface area contributed by atoms with E-state index in [4.69, 9.17) is 32.7 Å². The molecule has 0 aliphatic heterocycles. The van der Waals surface area contributed by atoms with Crippen LogP contribution in [0.25, 0.3) is 0 Å². The molecular formula is C22H17Cl2F5N2O3S. The highest BCUT2D eigenvalue weighted by molar-refractivity contribution is 7.99. The van der Waals surface area contributed by atoms with Gasteiger partial charge in [0.25, 0.3) is 0 Å². The van der Waals surface area contributed by atoms with Gasteiger partial charge < -0.3 is 9.47 Å². The summed E-state index contributed by atoms with van der Waals surface area (Å²) in [5.74, 6) is -11.6. The molecule has 0 atom stereocenters. The van der Waals surface area contributed by atoms with Gasteiger partial charge in [-0.1, -0.05) is 35.0 Å². The molecule has 0 aliphatic rings. The van der Waals surface area contributed by atoms with Gasteiger partial charge in [0, 0.05) is 5.02 Å².